The number of halogens is 1. The monoisotopic (exact) mass is 543 g/mol. The van der Waals surface area contributed by atoms with E-state index in [1.807, 2.05) is 24.3 Å². The molecular formula is C26H30BrN3O5. The molecule has 0 spiro atoms. The van der Waals surface area contributed by atoms with Crippen LogP contribution in [-0.2, 0) is 9.47 Å². The number of anilines is 2. The van der Waals surface area contributed by atoms with Crippen LogP contribution in [0.2, 0.25) is 0 Å². The number of carbonyl (C=O) groups excluding carboxylic acids is 2. The van der Waals surface area contributed by atoms with E-state index in [-0.39, 0.29) is 11.6 Å². The predicted octanol–water partition coefficient (Wildman–Crippen LogP) is 7.18. The van der Waals surface area contributed by atoms with Crippen molar-refractivity contribution in [2.45, 2.75) is 59.7 Å². The first-order chi connectivity index (χ1) is 16.1. The van der Waals surface area contributed by atoms with Crippen molar-refractivity contribution in [2.24, 2.45) is 0 Å². The summed E-state index contributed by atoms with van der Waals surface area (Å²) in [6, 6.07) is 13.6. The van der Waals surface area contributed by atoms with Crippen LogP contribution in [0.25, 0.3) is 11.3 Å². The number of aryl methyl sites for hydroxylation is 1. The molecule has 0 radical (unpaired) electrons. The zero-order valence-electron chi connectivity index (χ0n) is 20.9. The molecule has 3 aromatic rings. The van der Waals surface area contributed by atoms with Gasteiger partial charge in [0, 0.05) is 16.1 Å². The molecule has 0 aliphatic carbocycles. The Kier molecular flexibility index (Phi) is 7.31. The first-order valence-corrected chi connectivity index (χ1v) is 11.9. The molecule has 0 atom stereocenters. The van der Waals surface area contributed by atoms with Crippen LogP contribution in [0.4, 0.5) is 21.1 Å². The van der Waals surface area contributed by atoms with E-state index >= 15 is 0 Å². The molecule has 35 heavy (non-hydrogen) atoms. The van der Waals surface area contributed by atoms with Crippen LogP contribution in [0.3, 0.4) is 0 Å². The number of nitrogens with zero attached hydrogens (tertiary/aromatic N) is 3. The average molecular weight is 544 g/mol. The summed E-state index contributed by atoms with van der Waals surface area (Å²) >= 11 is 3.42. The maximum absolute atomic E-state index is 13.4. The summed E-state index contributed by atoms with van der Waals surface area (Å²) in [7, 11) is 0. The maximum atomic E-state index is 13.4. The highest BCUT2D eigenvalue weighted by atomic mass is 79.9. The average Bonchev–Trinajstić information content (AvgIpc) is 3.13. The second-order valence-corrected chi connectivity index (χ2v) is 11.0. The lowest BCUT2D eigenvalue weighted by atomic mass is 10.1. The molecule has 1 N–H and O–H groups in total. The Morgan fingerprint density at radius 2 is 1.54 bits per heavy atom. The number of hydrogen-bond acceptors (Lipinski definition) is 6. The van der Waals surface area contributed by atoms with E-state index in [2.05, 4.69) is 21.0 Å². The molecule has 1 amide bonds. The molecule has 0 saturated carbocycles. The van der Waals surface area contributed by atoms with Gasteiger partial charge in [-0.3, -0.25) is 0 Å². The lowest BCUT2D eigenvalue weighted by Crippen LogP contribution is -2.34. The van der Waals surface area contributed by atoms with E-state index in [0.717, 1.165) is 9.15 Å². The Bertz CT molecular complexity index is 1240. The second-order valence-electron chi connectivity index (χ2n) is 10.1. The molecule has 3 rings (SSSR count). The maximum Gasteiger partial charge on any atom is 0.435 e. The van der Waals surface area contributed by atoms with E-state index in [1.165, 1.54) is 17.0 Å². The Hall–Kier alpha value is -3.33. The number of aromatic nitrogens is 2. The van der Waals surface area contributed by atoms with Crippen LogP contribution >= 0.6 is 15.9 Å². The zero-order valence-corrected chi connectivity index (χ0v) is 22.5. The minimum Gasteiger partial charge on any atom is -0.508 e. The molecule has 1 heterocycles. The Morgan fingerprint density at radius 1 is 0.943 bits per heavy atom. The van der Waals surface area contributed by atoms with Gasteiger partial charge in [0.15, 0.2) is 5.82 Å². The third-order valence-corrected chi connectivity index (χ3v) is 5.16. The lowest BCUT2D eigenvalue weighted by molar-refractivity contribution is 0.0513. The number of phenols is 1. The SMILES string of the molecule is Cc1cc(O)ccc1N(C(=O)OC(C)(C)C)c1cc(-c2ccc(Br)cc2)n(C(=O)OC(C)(C)C)n1. The number of rotatable bonds is 3. The fourth-order valence-electron chi connectivity index (χ4n) is 3.26. The molecule has 0 aliphatic heterocycles. The summed E-state index contributed by atoms with van der Waals surface area (Å²) in [5, 5.41) is 14.4. The van der Waals surface area contributed by atoms with Crippen molar-refractivity contribution in [1.82, 2.24) is 9.78 Å². The van der Waals surface area contributed by atoms with Gasteiger partial charge in [-0.15, -0.1) is 5.10 Å². The van der Waals surface area contributed by atoms with Crippen molar-refractivity contribution in [3.8, 4) is 17.0 Å². The molecule has 9 heteroatoms. The standard InChI is InChI=1S/C26H30BrN3O5/c1-16-14-19(31)12-13-20(16)29(23(32)34-25(2,3)4)22-15-21(17-8-10-18(27)11-9-17)30(28-22)24(33)35-26(5,6)7/h8-15,31H,1-7H3. The van der Waals surface area contributed by atoms with Gasteiger partial charge in [0.05, 0.1) is 11.4 Å². The highest BCUT2D eigenvalue weighted by Crippen LogP contribution is 2.34. The van der Waals surface area contributed by atoms with E-state index in [0.29, 0.717) is 22.5 Å². The van der Waals surface area contributed by atoms with Crippen molar-refractivity contribution < 1.29 is 24.2 Å². The number of carbonyl (C=O) groups is 2. The summed E-state index contributed by atoms with van der Waals surface area (Å²) in [5.41, 5.74) is 0.679. The number of ether oxygens (including phenoxy) is 2. The van der Waals surface area contributed by atoms with Crippen LogP contribution < -0.4 is 4.90 Å². The largest absolute Gasteiger partial charge is 0.508 e. The van der Waals surface area contributed by atoms with Crippen molar-refractivity contribution >= 4 is 39.6 Å². The molecule has 0 bridgehead atoms. The molecule has 0 unspecified atom stereocenters. The smallest absolute Gasteiger partial charge is 0.435 e. The lowest BCUT2D eigenvalue weighted by Gasteiger charge is -2.27. The molecular weight excluding hydrogens is 514 g/mol. The van der Waals surface area contributed by atoms with Crippen molar-refractivity contribution in [1.29, 1.82) is 0 Å². The van der Waals surface area contributed by atoms with Gasteiger partial charge >= 0.3 is 12.2 Å². The Balaban J connectivity index is 2.22. The number of amides is 1. The van der Waals surface area contributed by atoms with Crippen molar-refractivity contribution in [3.63, 3.8) is 0 Å². The third-order valence-electron chi connectivity index (χ3n) is 4.63. The van der Waals surface area contributed by atoms with Crippen LogP contribution in [0.5, 0.6) is 5.75 Å². The van der Waals surface area contributed by atoms with E-state index in [4.69, 9.17) is 9.47 Å². The van der Waals surface area contributed by atoms with E-state index in [1.54, 1.807) is 60.6 Å². The number of aromatic hydroxyl groups is 1. The summed E-state index contributed by atoms with van der Waals surface area (Å²) in [4.78, 5) is 27.8. The van der Waals surface area contributed by atoms with Gasteiger partial charge in [-0.05, 0) is 84.4 Å². The van der Waals surface area contributed by atoms with Crippen LogP contribution in [0.15, 0.2) is 53.0 Å². The first-order valence-electron chi connectivity index (χ1n) is 11.1. The quantitative estimate of drug-likeness (QED) is 0.375. The second kappa shape index (κ2) is 9.73. The minimum atomic E-state index is -0.775. The fourth-order valence-corrected chi connectivity index (χ4v) is 3.53. The van der Waals surface area contributed by atoms with Crippen LogP contribution in [-0.4, -0.2) is 38.3 Å². The Morgan fingerprint density at radius 3 is 2.09 bits per heavy atom. The van der Waals surface area contributed by atoms with Gasteiger partial charge in [0.2, 0.25) is 0 Å². The normalized spacial score (nSPS) is 11.8. The molecule has 0 fully saturated rings. The highest BCUT2D eigenvalue weighted by Gasteiger charge is 2.31. The summed E-state index contributed by atoms with van der Waals surface area (Å²) in [6.45, 7) is 12.3. The van der Waals surface area contributed by atoms with Crippen LogP contribution in [0, 0.1) is 6.92 Å². The van der Waals surface area contributed by atoms with Gasteiger partial charge in [-0.25, -0.2) is 14.5 Å². The molecule has 0 aliphatic rings. The minimum absolute atomic E-state index is 0.0604. The highest BCUT2D eigenvalue weighted by molar-refractivity contribution is 9.10. The van der Waals surface area contributed by atoms with Crippen molar-refractivity contribution in [2.75, 3.05) is 4.90 Å². The zero-order chi connectivity index (χ0) is 26.1. The number of benzene rings is 2. The van der Waals surface area contributed by atoms with Gasteiger partial charge in [0.1, 0.15) is 17.0 Å². The van der Waals surface area contributed by atoms with Crippen molar-refractivity contribution in [3.05, 3.63) is 58.6 Å². The Labute approximate surface area is 213 Å². The molecule has 0 saturated heterocycles. The molecule has 2 aromatic carbocycles. The van der Waals surface area contributed by atoms with Gasteiger partial charge in [-0.1, -0.05) is 28.1 Å². The molecule has 1 aromatic heterocycles. The number of phenolic OH excluding ortho intramolecular Hbond substituents is 1. The fraction of sp³-hybridized carbons (Fsp3) is 0.346. The number of hydrogen-bond donors (Lipinski definition) is 1. The third kappa shape index (κ3) is 6.63. The predicted molar refractivity (Wildman–Crippen MR) is 138 cm³/mol. The first kappa shape index (κ1) is 26.3. The summed E-state index contributed by atoms with van der Waals surface area (Å²) in [5.74, 6) is 0.224. The van der Waals surface area contributed by atoms with E-state index < -0.39 is 23.4 Å². The molecule has 186 valence electrons. The topological polar surface area (TPSA) is 93.9 Å². The molecule has 8 nitrogen and oxygen atoms in total. The van der Waals surface area contributed by atoms with Gasteiger partial charge in [-0.2, -0.15) is 4.68 Å². The summed E-state index contributed by atoms with van der Waals surface area (Å²) in [6.07, 6.45) is -1.37. The van der Waals surface area contributed by atoms with Gasteiger partial charge < -0.3 is 14.6 Å². The van der Waals surface area contributed by atoms with E-state index in [9.17, 15) is 14.7 Å². The summed E-state index contributed by atoms with van der Waals surface area (Å²) < 4.78 is 13.2. The van der Waals surface area contributed by atoms with Gasteiger partial charge in [0.25, 0.3) is 0 Å². The van der Waals surface area contributed by atoms with Crippen LogP contribution in [0.1, 0.15) is 47.1 Å².